The third-order valence-electron chi connectivity index (χ3n) is 2.81. The van der Waals surface area contributed by atoms with Crippen molar-refractivity contribution >= 4 is 43.4 Å². The van der Waals surface area contributed by atoms with Crippen LogP contribution in [0.2, 0.25) is 0 Å². The highest BCUT2D eigenvalue weighted by Gasteiger charge is 2.34. The van der Waals surface area contributed by atoms with Crippen LogP contribution >= 0.6 is 27.7 Å². The second-order valence-electron chi connectivity index (χ2n) is 4.23. The standard InChI is InChI=1S/C11H13BrN2O3S2/c1-19(16,17)10-7-18-5-4-14(10)11(15)8-2-3-9(12)13-6-8/h2-3,6,10H,4-5,7H2,1H3. The molecule has 0 aliphatic carbocycles. The first-order chi connectivity index (χ1) is 8.89. The lowest BCUT2D eigenvalue weighted by Gasteiger charge is -2.34. The Hall–Kier alpha value is -0.600. The summed E-state index contributed by atoms with van der Waals surface area (Å²) in [6.45, 7) is 0.442. The number of hydrogen-bond acceptors (Lipinski definition) is 5. The Balaban J connectivity index is 2.27. The number of rotatable bonds is 2. The van der Waals surface area contributed by atoms with Gasteiger partial charge >= 0.3 is 0 Å². The van der Waals surface area contributed by atoms with E-state index in [1.54, 1.807) is 23.9 Å². The fourth-order valence-electron chi connectivity index (χ4n) is 1.84. The van der Waals surface area contributed by atoms with E-state index in [0.717, 1.165) is 5.75 Å². The molecule has 1 amide bonds. The molecule has 0 aromatic carbocycles. The highest BCUT2D eigenvalue weighted by atomic mass is 79.9. The Morgan fingerprint density at radius 2 is 2.26 bits per heavy atom. The fourth-order valence-corrected chi connectivity index (χ4v) is 4.89. The minimum absolute atomic E-state index is 0.282. The minimum Gasteiger partial charge on any atom is -0.320 e. The third kappa shape index (κ3) is 3.49. The molecule has 0 spiro atoms. The van der Waals surface area contributed by atoms with Crippen LogP contribution < -0.4 is 0 Å². The van der Waals surface area contributed by atoms with Gasteiger partial charge in [-0.05, 0) is 28.1 Å². The molecule has 0 bridgehead atoms. The average molecular weight is 365 g/mol. The number of amides is 1. The Morgan fingerprint density at radius 1 is 1.53 bits per heavy atom. The normalized spacial score (nSPS) is 20.3. The van der Waals surface area contributed by atoms with Crippen molar-refractivity contribution in [1.82, 2.24) is 9.88 Å². The van der Waals surface area contributed by atoms with Gasteiger partial charge in [-0.15, -0.1) is 0 Å². The lowest BCUT2D eigenvalue weighted by Crippen LogP contribution is -2.49. The van der Waals surface area contributed by atoms with E-state index in [1.807, 2.05) is 0 Å². The van der Waals surface area contributed by atoms with E-state index in [-0.39, 0.29) is 5.91 Å². The Bertz CT molecular complexity index is 574. The zero-order valence-electron chi connectivity index (χ0n) is 10.2. The van der Waals surface area contributed by atoms with Gasteiger partial charge in [-0.25, -0.2) is 13.4 Å². The molecule has 0 N–H and O–H groups in total. The molecule has 5 nitrogen and oxygen atoms in total. The third-order valence-corrected chi connectivity index (χ3v) is 5.93. The van der Waals surface area contributed by atoms with Crippen molar-refractivity contribution in [3.05, 3.63) is 28.5 Å². The smallest absolute Gasteiger partial charge is 0.256 e. The van der Waals surface area contributed by atoms with Gasteiger partial charge in [0, 0.05) is 30.5 Å². The van der Waals surface area contributed by atoms with E-state index in [1.165, 1.54) is 17.4 Å². The van der Waals surface area contributed by atoms with Crippen LogP contribution in [0.4, 0.5) is 0 Å². The predicted octanol–water partition coefficient (Wildman–Crippen LogP) is 1.40. The number of nitrogens with zero attached hydrogens (tertiary/aromatic N) is 2. The van der Waals surface area contributed by atoms with Crippen LogP contribution in [0.5, 0.6) is 0 Å². The largest absolute Gasteiger partial charge is 0.320 e. The molecule has 1 aromatic rings. The summed E-state index contributed by atoms with van der Waals surface area (Å²) in [5.41, 5.74) is 0.406. The van der Waals surface area contributed by atoms with Gasteiger partial charge in [0.25, 0.3) is 5.91 Å². The molecular formula is C11H13BrN2O3S2. The molecule has 1 unspecified atom stereocenters. The van der Waals surface area contributed by atoms with Crippen LogP contribution in [0.1, 0.15) is 10.4 Å². The van der Waals surface area contributed by atoms with Crippen LogP contribution in [0.25, 0.3) is 0 Å². The molecule has 1 fully saturated rings. The zero-order valence-corrected chi connectivity index (χ0v) is 13.5. The summed E-state index contributed by atoms with van der Waals surface area (Å²) in [6, 6.07) is 3.31. The zero-order chi connectivity index (χ0) is 14.0. The molecule has 2 rings (SSSR count). The Morgan fingerprint density at radius 3 is 2.84 bits per heavy atom. The van der Waals surface area contributed by atoms with E-state index in [2.05, 4.69) is 20.9 Å². The molecule has 8 heteroatoms. The number of carbonyl (C=O) groups is 1. The van der Waals surface area contributed by atoms with E-state index in [4.69, 9.17) is 0 Å². The molecule has 1 atom stereocenters. The number of sulfone groups is 1. The van der Waals surface area contributed by atoms with E-state index in [0.29, 0.717) is 22.5 Å². The van der Waals surface area contributed by atoms with Gasteiger partial charge in [0.2, 0.25) is 0 Å². The van der Waals surface area contributed by atoms with Gasteiger partial charge in [-0.2, -0.15) is 11.8 Å². The van der Waals surface area contributed by atoms with E-state index in [9.17, 15) is 13.2 Å². The number of pyridine rings is 1. The monoisotopic (exact) mass is 364 g/mol. The highest BCUT2D eigenvalue weighted by molar-refractivity contribution is 9.10. The number of hydrogen-bond donors (Lipinski definition) is 0. The van der Waals surface area contributed by atoms with Crippen molar-refractivity contribution in [1.29, 1.82) is 0 Å². The summed E-state index contributed by atoms with van der Waals surface area (Å²) >= 11 is 4.75. The van der Waals surface area contributed by atoms with Gasteiger partial charge in [-0.3, -0.25) is 4.79 Å². The predicted molar refractivity (Wildman–Crippen MR) is 78.9 cm³/mol. The first-order valence-electron chi connectivity index (χ1n) is 5.59. The lowest BCUT2D eigenvalue weighted by molar-refractivity contribution is 0.0749. The van der Waals surface area contributed by atoms with Gasteiger partial charge in [-0.1, -0.05) is 0 Å². The number of carbonyl (C=O) groups excluding carboxylic acids is 1. The van der Waals surface area contributed by atoms with Gasteiger partial charge in [0.1, 0.15) is 9.98 Å². The summed E-state index contributed by atoms with van der Waals surface area (Å²) < 4.78 is 24.1. The quantitative estimate of drug-likeness (QED) is 0.742. The van der Waals surface area contributed by atoms with Crippen LogP contribution in [0, 0.1) is 0 Å². The van der Waals surface area contributed by atoms with Gasteiger partial charge in [0.05, 0.1) is 5.56 Å². The topological polar surface area (TPSA) is 67.3 Å². The van der Waals surface area contributed by atoms with Crippen molar-refractivity contribution < 1.29 is 13.2 Å². The van der Waals surface area contributed by atoms with Crippen molar-refractivity contribution in [2.75, 3.05) is 24.3 Å². The molecule has 104 valence electrons. The van der Waals surface area contributed by atoms with Crippen LogP contribution in [0.3, 0.4) is 0 Å². The summed E-state index contributed by atoms with van der Waals surface area (Å²) in [5.74, 6) is 0.895. The SMILES string of the molecule is CS(=O)(=O)C1CSCCN1C(=O)c1ccc(Br)nc1. The molecule has 2 heterocycles. The average Bonchev–Trinajstić information content (AvgIpc) is 2.38. The van der Waals surface area contributed by atoms with Crippen molar-refractivity contribution in [2.45, 2.75) is 5.37 Å². The molecule has 0 saturated carbocycles. The first-order valence-corrected chi connectivity index (χ1v) is 9.49. The van der Waals surface area contributed by atoms with Crippen LogP contribution in [0.15, 0.2) is 22.9 Å². The molecule has 1 saturated heterocycles. The number of aromatic nitrogens is 1. The molecule has 1 aliphatic heterocycles. The van der Waals surface area contributed by atoms with Crippen molar-refractivity contribution in [3.63, 3.8) is 0 Å². The molecule has 1 aliphatic rings. The lowest BCUT2D eigenvalue weighted by atomic mass is 10.2. The molecule has 0 radical (unpaired) electrons. The second kappa shape index (κ2) is 5.80. The second-order valence-corrected chi connectivity index (χ2v) is 8.39. The van der Waals surface area contributed by atoms with Crippen molar-refractivity contribution in [2.24, 2.45) is 0 Å². The maximum absolute atomic E-state index is 12.4. The molecule has 19 heavy (non-hydrogen) atoms. The van der Waals surface area contributed by atoms with Crippen LogP contribution in [-0.4, -0.2) is 53.9 Å². The summed E-state index contributed by atoms with van der Waals surface area (Å²) in [4.78, 5) is 17.8. The maximum Gasteiger partial charge on any atom is 0.256 e. The molecule has 1 aromatic heterocycles. The van der Waals surface area contributed by atoms with Gasteiger partial charge in [0.15, 0.2) is 9.84 Å². The maximum atomic E-state index is 12.4. The van der Waals surface area contributed by atoms with Gasteiger partial charge < -0.3 is 4.90 Å². The summed E-state index contributed by atoms with van der Waals surface area (Å²) in [7, 11) is -3.28. The van der Waals surface area contributed by atoms with Crippen molar-refractivity contribution in [3.8, 4) is 0 Å². The first kappa shape index (κ1) is 14.8. The Kier molecular flexibility index (Phi) is 4.52. The molecular weight excluding hydrogens is 352 g/mol. The summed E-state index contributed by atoms with van der Waals surface area (Å²) in [5, 5.41) is -0.748. The highest BCUT2D eigenvalue weighted by Crippen LogP contribution is 2.22. The number of thioether (sulfide) groups is 1. The van der Waals surface area contributed by atoms with Crippen LogP contribution in [-0.2, 0) is 9.84 Å². The summed E-state index contributed by atoms with van der Waals surface area (Å²) in [6.07, 6.45) is 2.62. The Labute approximate surface area is 124 Å². The number of halogens is 1. The van der Waals surface area contributed by atoms with E-state index >= 15 is 0 Å². The fraction of sp³-hybridized carbons (Fsp3) is 0.455. The minimum atomic E-state index is -3.28. The van der Waals surface area contributed by atoms with E-state index < -0.39 is 15.2 Å².